The minimum Gasteiger partial charge on any atom is -0.381 e. The summed E-state index contributed by atoms with van der Waals surface area (Å²) in [5.41, 5.74) is 4.03. The largest absolute Gasteiger partial charge is 0.381 e. The Kier molecular flexibility index (Phi) is 5.18. The molecule has 1 amide bonds. The van der Waals surface area contributed by atoms with Gasteiger partial charge in [0.15, 0.2) is 0 Å². The summed E-state index contributed by atoms with van der Waals surface area (Å²) in [6, 6.07) is 9.87. The van der Waals surface area contributed by atoms with Gasteiger partial charge in [-0.25, -0.2) is 0 Å². The fraction of sp³-hybridized carbons (Fsp3) is 0.333. The van der Waals surface area contributed by atoms with Crippen molar-refractivity contribution in [2.24, 2.45) is 0 Å². The van der Waals surface area contributed by atoms with E-state index < -0.39 is 0 Å². The van der Waals surface area contributed by atoms with Crippen LogP contribution in [0.25, 0.3) is 0 Å². The third-order valence-electron chi connectivity index (χ3n) is 3.99. The van der Waals surface area contributed by atoms with Crippen molar-refractivity contribution in [1.29, 1.82) is 0 Å². The van der Waals surface area contributed by atoms with E-state index in [0.29, 0.717) is 6.54 Å². The van der Waals surface area contributed by atoms with Gasteiger partial charge in [-0.1, -0.05) is 12.1 Å². The van der Waals surface area contributed by atoms with E-state index >= 15 is 0 Å². The Hall–Kier alpha value is -2.01. The molecule has 1 fully saturated rings. The number of nitrogens with one attached hydrogen (secondary N) is 1. The topological polar surface area (TPSA) is 45.2 Å². The summed E-state index contributed by atoms with van der Waals surface area (Å²) < 4.78 is 0. The molecule has 1 aromatic carbocycles. The van der Waals surface area contributed by atoms with Crippen molar-refractivity contribution in [1.82, 2.24) is 9.88 Å². The third kappa shape index (κ3) is 4.05. The molecule has 2 aromatic rings. The van der Waals surface area contributed by atoms with Gasteiger partial charge in [-0.2, -0.15) is 11.8 Å². The maximum absolute atomic E-state index is 12.6. The molecule has 0 atom stereocenters. The minimum absolute atomic E-state index is 0.134. The van der Waals surface area contributed by atoms with Crippen LogP contribution >= 0.6 is 11.8 Å². The molecule has 0 radical (unpaired) electrons. The quantitative estimate of drug-likeness (QED) is 0.937. The number of rotatable bonds is 4. The second-order valence-corrected chi connectivity index (χ2v) is 6.87. The molecule has 120 valence electrons. The molecule has 1 aliphatic rings. The van der Waals surface area contributed by atoms with Crippen LogP contribution in [0.5, 0.6) is 0 Å². The van der Waals surface area contributed by atoms with Crippen LogP contribution in [0, 0.1) is 6.92 Å². The summed E-state index contributed by atoms with van der Waals surface area (Å²) in [6.45, 7) is 4.44. The van der Waals surface area contributed by atoms with Gasteiger partial charge < -0.3 is 10.2 Å². The molecular formula is C18H21N3OS. The van der Waals surface area contributed by atoms with Gasteiger partial charge in [-0.05, 0) is 36.2 Å². The van der Waals surface area contributed by atoms with E-state index in [0.717, 1.165) is 47.0 Å². The highest BCUT2D eigenvalue weighted by Crippen LogP contribution is 2.20. The smallest absolute Gasteiger partial charge is 0.253 e. The molecule has 0 saturated carbocycles. The molecule has 0 unspecified atom stereocenters. The summed E-state index contributed by atoms with van der Waals surface area (Å²) in [7, 11) is 0. The predicted molar refractivity (Wildman–Crippen MR) is 96.0 cm³/mol. The maximum Gasteiger partial charge on any atom is 0.253 e. The van der Waals surface area contributed by atoms with Crippen LogP contribution in [0.15, 0.2) is 42.7 Å². The first kappa shape index (κ1) is 15.9. The molecule has 5 heteroatoms. The van der Waals surface area contributed by atoms with Gasteiger partial charge in [0, 0.05) is 54.8 Å². The highest BCUT2D eigenvalue weighted by atomic mass is 32.2. The lowest BCUT2D eigenvalue weighted by atomic mass is 10.1. The van der Waals surface area contributed by atoms with Crippen molar-refractivity contribution in [3.8, 4) is 0 Å². The zero-order chi connectivity index (χ0) is 16.1. The molecule has 1 saturated heterocycles. The molecule has 1 aliphatic heterocycles. The van der Waals surface area contributed by atoms with Crippen LogP contribution in [0.1, 0.15) is 21.5 Å². The fourth-order valence-corrected chi connectivity index (χ4v) is 3.50. The number of hydrogen-bond acceptors (Lipinski definition) is 4. The Bertz CT molecular complexity index is 669. The predicted octanol–water partition coefficient (Wildman–Crippen LogP) is 3.19. The molecule has 1 aromatic heterocycles. The molecule has 0 spiro atoms. The van der Waals surface area contributed by atoms with E-state index in [2.05, 4.69) is 17.2 Å². The number of thioether (sulfide) groups is 1. The third-order valence-corrected chi connectivity index (χ3v) is 4.93. The summed E-state index contributed by atoms with van der Waals surface area (Å²) >= 11 is 1.91. The molecular weight excluding hydrogens is 306 g/mol. The molecule has 23 heavy (non-hydrogen) atoms. The van der Waals surface area contributed by atoms with Crippen molar-refractivity contribution in [3.63, 3.8) is 0 Å². The molecule has 0 aliphatic carbocycles. The molecule has 3 rings (SSSR count). The van der Waals surface area contributed by atoms with Crippen LogP contribution in [-0.2, 0) is 6.54 Å². The number of benzene rings is 1. The molecule has 4 nitrogen and oxygen atoms in total. The Labute approximate surface area is 141 Å². The van der Waals surface area contributed by atoms with Gasteiger partial charge >= 0.3 is 0 Å². The Morgan fingerprint density at radius 3 is 2.87 bits per heavy atom. The van der Waals surface area contributed by atoms with Crippen LogP contribution in [-0.4, -0.2) is 40.4 Å². The number of anilines is 1. The maximum atomic E-state index is 12.6. The Balaban J connectivity index is 1.72. The van der Waals surface area contributed by atoms with Gasteiger partial charge in [0.2, 0.25) is 0 Å². The van der Waals surface area contributed by atoms with E-state index in [4.69, 9.17) is 0 Å². The van der Waals surface area contributed by atoms with E-state index in [1.807, 2.05) is 53.2 Å². The average Bonchev–Trinajstić information content (AvgIpc) is 2.62. The number of pyridine rings is 1. The van der Waals surface area contributed by atoms with Gasteiger partial charge in [0.25, 0.3) is 5.91 Å². The standard InChI is InChI=1S/C18H21N3OS/c1-14-4-5-16(18(22)21-7-9-23-10-8-21)11-17(14)20-13-15-3-2-6-19-12-15/h2-6,11-12,20H,7-10,13H2,1H3. The van der Waals surface area contributed by atoms with E-state index in [1.54, 1.807) is 6.20 Å². The van der Waals surface area contributed by atoms with Gasteiger partial charge in [0.1, 0.15) is 0 Å². The molecule has 0 bridgehead atoms. The van der Waals surface area contributed by atoms with Crippen LogP contribution in [0.4, 0.5) is 5.69 Å². The van der Waals surface area contributed by atoms with Crippen molar-refractivity contribution in [2.75, 3.05) is 29.9 Å². The first-order valence-electron chi connectivity index (χ1n) is 7.84. The van der Waals surface area contributed by atoms with Gasteiger partial charge in [0.05, 0.1) is 0 Å². The van der Waals surface area contributed by atoms with Crippen molar-refractivity contribution in [3.05, 3.63) is 59.4 Å². The lowest BCUT2D eigenvalue weighted by Crippen LogP contribution is -2.37. The lowest BCUT2D eigenvalue weighted by Gasteiger charge is -2.26. The normalized spacial score (nSPS) is 14.6. The summed E-state index contributed by atoms with van der Waals surface area (Å²) in [4.78, 5) is 18.7. The Morgan fingerprint density at radius 1 is 1.30 bits per heavy atom. The van der Waals surface area contributed by atoms with E-state index in [-0.39, 0.29) is 5.91 Å². The summed E-state index contributed by atoms with van der Waals surface area (Å²) in [5, 5.41) is 3.41. The number of aryl methyl sites for hydroxylation is 1. The van der Waals surface area contributed by atoms with E-state index in [9.17, 15) is 4.79 Å². The molecule has 1 N–H and O–H groups in total. The van der Waals surface area contributed by atoms with Crippen molar-refractivity contribution < 1.29 is 4.79 Å². The molecule has 2 heterocycles. The minimum atomic E-state index is 0.134. The SMILES string of the molecule is Cc1ccc(C(=O)N2CCSCC2)cc1NCc1cccnc1. The second kappa shape index (κ2) is 7.51. The van der Waals surface area contributed by atoms with Crippen LogP contribution < -0.4 is 5.32 Å². The average molecular weight is 327 g/mol. The van der Waals surface area contributed by atoms with Gasteiger partial charge in [-0.3, -0.25) is 9.78 Å². The van der Waals surface area contributed by atoms with E-state index in [1.165, 1.54) is 0 Å². The lowest BCUT2D eigenvalue weighted by molar-refractivity contribution is 0.0772. The highest BCUT2D eigenvalue weighted by molar-refractivity contribution is 7.99. The summed E-state index contributed by atoms with van der Waals surface area (Å²) in [5.74, 6) is 2.20. The number of hydrogen-bond donors (Lipinski definition) is 1. The van der Waals surface area contributed by atoms with Crippen LogP contribution in [0.2, 0.25) is 0 Å². The first-order chi connectivity index (χ1) is 11.2. The zero-order valence-electron chi connectivity index (χ0n) is 13.3. The monoisotopic (exact) mass is 327 g/mol. The second-order valence-electron chi connectivity index (χ2n) is 5.65. The first-order valence-corrected chi connectivity index (χ1v) is 9.00. The van der Waals surface area contributed by atoms with Crippen molar-refractivity contribution >= 4 is 23.4 Å². The number of amides is 1. The fourth-order valence-electron chi connectivity index (χ4n) is 2.59. The van der Waals surface area contributed by atoms with Gasteiger partial charge in [-0.15, -0.1) is 0 Å². The number of nitrogens with zero attached hydrogens (tertiary/aromatic N) is 2. The van der Waals surface area contributed by atoms with Crippen molar-refractivity contribution in [2.45, 2.75) is 13.5 Å². The summed E-state index contributed by atoms with van der Waals surface area (Å²) in [6.07, 6.45) is 3.62. The number of carbonyl (C=O) groups is 1. The highest BCUT2D eigenvalue weighted by Gasteiger charge is 2.18. The number of carbonyl (C=O) groups excluding carboxylic acids is 1. The van der Waals surface area contributed by atoms with Crippen LogP contribution in [0.3, 0.4) is 0 Å². The Morgan fingerprint density at radius 2 is 2.13 bits per heavy atom. The number of aromatic nitrogens is 1. The zero-order valence-corrected chi connectivity index (χ0v) is 14.1.